The molecule has 1 heterocycles. The Kier molecular flexibility index (Phi) is 2.69. The van der Waals surface area contributed by atoms with E-state index in [9.17, 15) is 4.79 Å². The Balaban J connectivity index is 2.13. The summed E-state index contributed by atoms with van der Waals surface area (Å²) < 4.78 is 0. The Morgan fingerprint density at radius 2 is 2.00 bits per heavy atom. The summed E-state index contributed by atoms with van der Waals surface area (Å²) in [5.74, 6) is 0. The third kappa shape index (κ3) is 2.13. The topological polar surface area (TPSA) is 17.1 Å². The summed E-state index contributed by atoms with van der Waals surface area (Å²) in [4.78, 5) is 11.2. The predicted molar refractivity (Wildman–Crippen MR) is 55.6 cm³/mol. The first-order chi connectivity index (χ1) is 6.36. The first-order valence-electron chi connectivity index (χ1n) is 4.61. The Hall–Kier alpha value is -0.760. The molecule has 1 aliphatic rings. The minimum Gasteiger partial charge on any atom is -0.287 e. The summed E-state index contributed by atoms with van der Waals surface area (Å²) in [7, 11) is 0. The molecule has 0 amide bonds. The van der Waals surface area contributed by atoms with Crippen LogP contribution in [0.4, 0.5) is 0 Å². The maximum absolute atomic E-state index is 11.2. The van der Waals surface area contributed by atoms with Gasteiger partial charge in [0.1, 0.15) is 0 Å². The number of rotatable bonds is 1. The molecule has 2 heteroatoms. The lowest BCUT2D eigenvalue weighted by atomic mass is 10.1. The van der Waals surface area contributed by atoms with Crippen molar-refractivity contribution in [1.82, 2.24) is 0 Å². The van der Waals surface area contributed by atoms with Gasteiger partial charge in [0.25, 0.3) is 0 Å². The van der Waals surface area contributed by atoms with Gasteiger partial charge < -0.3 is 0 Å². The lowest BCUT2D eigenvalue weighted by molar-refractivity contribution is -0.111. The Bertz CT molecular complexity index is 294. The minimum absolute atomic E-state index is 0.347. The van der Waals surface area contributed by atoms with E-state index in [2.05, 4.69) is 12.1 Å². The molecule has 0 saturated carbocycles. The van der Waals surface area contributed by atoms with Gasteiger partial charge in [-0.25, -0.2) is 0 Å². The van der Waals surface area contributed by atoms with Crippen molar-refractivity contribution in [2.75, 3.05) is 0 Å². The highest BCUT2D eigenvalue weighted by Crippen LogP contribution is 2.38. The molecule has 1 unspecified atom stereocenters. The first-order valence-corrected chi connectivity index (χ1v) is 5.48. The standard InChI is InChI=1S/C11H12OS/c12-11-8-4-7-10(13-11)9-5-2-1-3-6-9/h1-3,5-6,10H,4,7-8H2. The highest BCUT2D eigenvalue weighted by Gasteiger charge is 2.20. The van der Waals surface area contributed by atoms with E-state index in [1.807, 2.05) is 18.2 Å². The summed E-state index contributed by atoms with van der Waals surface area (Å²) in [5, 5.41) is 0.752. The molecule has 0 spiro atoms. The van der Waals surface area contributed by atoms with Gasteiger partial charge >= 0.3 is 0 Å². The van der Waals surface area contributed by atoms with Gasteiger partial charge in [0, 0.05) is 11.7 Å². The first kappa shape index (κ1) is 8.82. The molecule has 0 bridgehead atoms. The maximum Gasteiger partial charge on any atom is 0.189 e. The summed E-state index contributed by atoms with van der Waals surface area (Å²) >= 11 is 1.50. The molecular formula is C11H12OS. The van der Waals surface area contributed by atoms with Crippen LogP contribution in [0, 0.1) is 0 Å². The second-order valence-corrected chi connectivity index (χ2v) is 4.54. The molecule has 2 rings (SSSR count). The molecule has 1 nitrogen and oxygen atoms in total. The third-order valence-corrected chi connectivity index (χ3v) is 3.55. The number of carbonyl (C=O) groups is 1. The van der Waals surface area contributed by atoms with E-state index in [1.54, 1.807) is 0 Å². The molecule has 1 atom stereocenters. The molecular weight excluding hydrogens is 180 g/mol. The van der Waals surface area contributed by atoms with E-state index in [0.29, 0.717) is 10.4 Å². The van der Waals surface area contributed by atoms with Gasteiger partial charge in [-0.15, -0.1) is 0 Å². The quantitative estimate of drug-likeness (QED) is 0.679. The zero-order chi connectivity index (χ0) is 9.10. The second-order valence-electron chi connectivity index (χ2n) is 3.28. The van der Waals surface area contributed by atoms with Crippen LogP contribution < -0.4 is 0 Å². The monoisotopic (exact) mass is 192 g/mol. The van der Waals surface area contributed by atoms with Crippen molar-refractivity contribution in [3.63, 3.8) is 0 Å². The summed E-state index contributed by atoms with van der Waals surface area (Å²) in [5.41, 5.74) is 1.29. The van der Waals surface area contributed by atoms with Crippen LogP contribution in [0.25, 0.3) is 0 Å². The van der Waals surface area contributed by atoms with Gasteiger partial charge in [-0.1, -0.05) is 42.1 Å². The highest BCUT2D eigenvalue weighted by atomic mass is 32.2. The van der Waals surface area contributed by atoms with Crippen molar-refractivity contribution in [3.05, 3.63) is 35.9 Å². The fourth-order valence-electron chi connectivity index (χ4n) is 1.61. The highest BCUT2D eigenvalue weighted by molar-refractivity contribution is 8.13. The molecule has 1 saturated heterocycles. The van der Waals surface area contributed by atoms with Crippen LogP contribution in [-0.2, 0) is 4.79 Å². The van der Waals surface area contributed by atoms with E-state index < -0.39 is 0 Å². The van der Waals surface area contributed by atoms with Crippen molar-refractivity contribution in [2.24, 2.45) is 0 Å². The SMILES string of the molecule is O=C1CCCC(c2ccccc2)S1. The van der Waals surface area contributed by atoms with Gasteiger partial charge in [-0.05, 0) is 18.4 Å². The fourth-order valence-corrected chi connectivity index (χ4v) is 2.77. The summed E-state index contributed by atoms with van der Waals surface area (Å²) in [6, 6.07) is 10.3. The van der Waals surface area contributed by atoms with Gasteiger partial charge in [0.05, 0.1) is 0 Å². The van der Waals surface area contributed by atoms with Crippen molar-refractivity contribution in [2.45, 2.75) is 24.5 Å². The molecule has 1 aliphatic heterocycles. The number of hydrogen-bond acceptors (Lipinski definition) is 2. The van der Waals surface area contributed by atoms with Crippen LogP contribution in [0.1, 0.15) is 30.1 Å². The number of benzene rings is 1. The zero-order valence-corrected chi connectivity index (χ0v) is 8.22. The lowest BCUT2D eigenvalue weighted by Crippen LogP contribution is -2.06. The van der Waals surface area contributed by atoms with Crippen molar-refractivity contribution < 1.29 is 4.79 Å². The van der Waals surface area contributed by atoms with E-state index in [0.717, 1.165) is 19.3 Å². The van der Waals surface area contributed by atoms with Crippen molar-refractivity contribution in [1.29, 1.82) is 0 Å². The average molecular weight is 192 g/mol. The summed E-state index contributed by atoms with van der Waals surface area (Å²) in [6.45, 7) is 0. The number of carbonyl (C=O) groups excluding carboxylic acids is 1. The van der Waals surface area contributed by atoms with E-state index in [1.165, 1.54) is 17.3 Å². The fraction of sp³-hybridized carbons (Fsp3) is 0.364. The van der Waals surface area contributed by atoms with E-state index >= 15 is 0 Å². The molecule has 1 aromatic rings. The minimum atomic E-state index is 0.347. The molecule has 0 radical (unpaired) electrons. The Labute approximate surface area is 82.5 Å². The molecule has 1 fully saturated rings. The Morgan fingerprint density at radius 3 is 2.69 bits per heavy atom. The molecule has 0 N–H and O–H groups in total. The molecule has 1 aromatic carbocycles. The Morgan fingerprint density at radius 1 is 1.23 bits per heavy atom. The smallest absolute Gasteiger partial charge is 0.189 e. The lowest BCUT2D eigenvalue weighted by Gasteiger charge is -2.20. The van der Waals surface area contributed by atoms with Gasteiger partial charge in [-0.3, -0.25) is 4.79 Å². The normalized spacial score (nSPS) is 23.1. The van der Waals surface area contributed by atoms with Crippen molar-refractivity contribution in [3.8, 4) is 0 Å². The van der Waals surface area contributed by atoms with Crippen LogP contribution in [0.2, 0.25) is 0 Å². The van der Waals surface area contributed by atoms with Crippen LogP contribution in [0.3, 0.4) is 0 Å². The average Bonchev–Trinajstić information content (AvgIpc) is 2.19. The van der Waals surface area contributed by atoms with Crippen LogP contribution in [0.5, 0.6) is 0 Å². The van der Waals surface area contributed by atoms with Crippen molar-refractivity contribution >= 4 is 16.9 Å². The largest absolute Gasteiger partial charge is 0.287 e. The van der Waals surface area contributed by atoms with E-state index in [4.69, 9.17) is 0 Å². The van der Waals surface area contributed by atoms with Crippen LogP contribution in [-0.4, -0.2) is 5.12 Å². The van der Waals surface area contributed by atoms with Crippen LogP contribution in [0.15, 0.2) is 30.3 Å². The number of hydrogen-bond donors (Lipinski definition) is 0. The van der Waals surface area contributed by atoms with Gasteiger partial charge in [-0.2, -0.15) is 0 Å². The molecule has 0 aromatic heterocycles. The molecule has 0 aliphatic carbocycles. The predicted octanol–water partition coefficient (Wildman–Crippen LogP) is 3.17. The third-order valence-electron chi connectivity index (χ3n) is 2.29. The maximum atomic E-state index is 11.2. The van der Waals surface area contributed by atoms with Gasteiger partial charge in [0.2, 0.25) is 0 Å². The molecule has 68 valence electrons. The summed E-state index contributed by atoms with van der Waals surface area (Å²) in [6.07, 6.45) is 2.94. The zero-order valence-electron chi connectivity index (χ0n) is 7.40. The molecule has 13 heavy (non-hydrogen) atoms. The van der Waals surface area contributed by atoms with Crippen LogP contribution >= 0.6 is 11.8 Å². The van der Waals surface area contributed by atoms with E-state index in [-0.39, 0.29) is 0 Å². The second kappa shape index (κ2) is 3.97. The van der Waals surface area contributed by atoms with Gasteiger partial charge in [0.15, 0.2) is 5.12 Å². The number of thioether (sulfide) groups is 1.